The first kappa shape index (κ1) is 9.99. The fourth-order valence-electron chi connectivity index (χ4n) is 0.719. The molecule has 0 spiro atoms. The fourth-order valence-corrected chi connectivity index (χ4v) is 0.719. The third-order valence-electron chi connectivity index (χ3n) is 1.57. The van der Waals surface area contributed by atoms with Gasteiger partial charge in [0.1, 0.15) is 7.05 Å². The SMILES string of the molecule is C=C=CCCC/C(C)=[N+](/C)[O-]. The summed E-state index contributed by atoms with van der Waals surface area (Å²) in [6, 6.07) is 0. The van der Waals surface area contributed by atoms with Gasteiger partial charge in [-0.05, 0) is 18.9 Å². The summed E-state index contributed by atoms with van der Waals surface area (Å²) >= 11 is 0. The molecule has 0 saturated carbocycles. The van der Waals surface area contributed by atoms with Crippen LogP contribution in [0.3, 0.4) is 0 Å². The highest BCUT2D eigenvalue weighted by molar-refractivity contribution is 5.76. The monoisotopic (exact) mass is 153 g/mol. The minimum atomic E-state index is 0.859. The Hall–Kier alpha value is -1.01. The molecule has 2 heteroatoms. The standard InChI is InChI=1S/C9H15NO/c1-4-5-6-7-8-9(2)10(3)11/h5H,1,6-8H2,2-3H3/b10-9-. The van der Waals surface area contributed by atoms with Crippen LogP contribution in [-0.2, 0) is 0 Å². The maximum atomic E-state index is 10.6. The molecular weight excluding hydrogens is 138 g/mol. The highest BCUT2D eigenvalue weighted by atomic mass is 16.5. The lowest BCUT2D eigenvalue weighted by Crippen LogP contribution is -2.06. The maximum Gasteiger partial charge on any atom is 0.160 e. The lowest BCUT2D eigenvalue weighted by molar-refractivity contribution is -0.424. The number of unbranched alkanes of at least 4 members (excludes halogenated alkanes) is 1. The van der Waals surface area contributed by atoms with Gasteiger partial charge in [0, 0.05) is 13.3 Å². The summed E-state index contributed by atoms with van der Waals surface area (Å²) in [7, 11) is 1.53. The minimum Gasteiger partial charge on any atom is -0.624 e. The molecule has 0 aliphatic rings. The van der Waals surface area contributed by atoms with Gasteiger partial charge in [-0.3, -0.25) is 0 Å². The molecule has 0 aliphatic heterocycles. The molecule has 0 aliphatic carbocycles. The largest absolute Gasteiger partial charge is 0.624 e. The third kappa shape index (κ3) is 5.43. The summed E-state index contributed by atoms with van der Waals surface area (Å²) in [5.74, 6) is 0. The third-order valence-corrected chi connectivity index (χ3v) is 1.57. The van der Waals surface area contributed by atoms with Crippen LogP contribution < -0.4 is 0 Å². The van der Waals surface area contributed by atoms with Gasteiger partial charge in [0.15, 0.2) is 5.71 Å². The Morgan fingerprint density at radius 1 is 1.73 bits per heavy atom. The van der Waals surface area contributed by atoms with Crippen LogP contribution in [0, 0.1) is 5.21 Å². The van der Waals surface area contributed by atoms with Gasteiger partial charge >= 0.3 is 0 Å². The zero-order valence-corrected chi connectivity index (χ0v) is 7.26. The van der Waals surface area contributed by atoms with Gasteiger partial charge in [-0.15, -0.1) is 5.73 Å². The summed E-state index contributed by atoms with van der Waals surface area (Å²) in [5, 5.41) is 10.6. The van der Waals surface area contributed by atoms with Crippen LogP contribution in [0.2, 0.25) is 0 Å². The quantitative estimate of drug-likeness (QED) is 0.152. The molecule has 0 unspecified atom stereocenters. The van der Waals surface area contributed by atoms with E-state index in [0.717, 1.165) is 29.7 Å². The molecule has 2 nitrogen and oxygen atoms in total. The molecular formula is C9H15NO. The topological polar surface area (TPSA) is 26.1 Å². The van der Waals surface area contributed by atoms with E-state index in [-0.39, 0.29) is 0 Å². The van der Waals surface area contributed by atoms with Crippen molar-refractivity contribution >= 4 is 5.71 Å². The normalized spacial score (nSPS) is 11.8. The molecule has 11 heavy (non-hydrogen) atoms. The summed E-state index contributed by atoms with van der Waals surface area (Å²) in [6.45, 7) is 5.30. The Labute approximate surface area is 68.1 Å². The van der Waals surface area contributed by atoms with Gasteiger partial charge in [-0.2, -0.15) is 0 Å². The van der Waals surface area contributed by atoms with Gasteiger partial charge < -0.3 is 5.21 Å². The maximum absolute atomic E-state index is 10.6. The van der Waals surface area contributed by atoms with Gasteiger partial charge in [0.05, 0.1) is 0 Å². The van der Waals surface area contributed by atoms with Gasteiger partial charge in [0.25, 0.3) is 0 Å². The van der Waals surface area contributed by atoms with E-state index in [9.17, 15) is 5.21 Å². The zero-order valence-electron chi connectivity index (χ0n) is 7.26. The lowest BCUT2D eigenvalue weighted by Gasteiger charge is -2.00. The van der Waals surface area contributed by atoms with Crippen LogP contribution >= 0.6 is 0 Å². The molecule has 0 saturated heterocycles. The Bertz CT molecular complexity index is 184. The molecule has 0 heterocycles. The van der Waals surface area contributed by atoms with E-state index < -0.39 is 0 Å². The smallest absolute Gasteiger partial charge is 0.160 e. The Balaban J connectivity index is 3.55. The number of hydrogen-bond acceptors (Lipinski definition) is 1. The van der Waals surface area contributed by atoms with Crippen LogP contribution in [0.4, 0.5) is 0 Å². The van der Waals surface area contributed by atoms with Crippen LogP contribution in [0.5, 0.6) is 0 Å². The van der Waals surface area contributed by atoms with Gasteiger partial charge in [-0.1, -0.05) is 6.58 Å². The lowest BCUT2D eigenvalue weighted by atomic mass is 10.2. The van der Waals surface area contributed by atoms with Crippen LogP contribution in [0.15, 0.2) is 18.4 Å². The van der Waals surface area contributed by atoms with Crippen molar-refractivity contribution in [2.45, 2.75) is 26.2 Å². The summed E-state index contributed by atoms with van der Waals surface area (Å²) in [5.41, 5.74) is 3.57. The molecule has 0 aromatic heterocycles. The Kier molecular flexibility index (Phi) is 5.22. The molecule has 0 aromatic rings. The number of allylic oxidation sites excluding steroid dienone is 1. The predicted molar refractivity (Wildman–Crippen MR) is 47.8 cm³/mol. The second-order valence-corrected chi connectivity index (χ2v) is 2.53. The predicted octanol–water partition coefficient (Wildman–Crippen LogP) is 2.10. The molecule has 0 bridgehead atoms. The molecule has 0 radical (unpaired) electrons. The van der Waals surface area contributed by atoms with E-state index in [1.54, 1.807) is 0 Å². The van der Waals surface area contributed by atoms with Crippen molar-refractivity contribution in [3.63, 3.8) is 0 Å². The van der Waals surface area contributed by atoms with Crippen molar-refractivity contribution in [3.8, 4) is 0 Å². The summed E-state index contributed by atoms with van der Waals surface area (Å²) < 4.78 is 0.914. The molecule has 62 valence electrons. The van der Waals surface area contributed by atoms with Crippen molar-refractivity contribution in [2.24, 2.45) is 0 Å². The average Bonchev–Trinajstić information content (AvgIpc) is 1.97. The van der Waals surface area contributed by atoms with Crippen molar-refractivity contribution in [1.29, 1.82) is 0 Å². The van der Waals surface area contributed by atoms with E-state index in [2.05, 4.69) is 12.3 Å². The first-order chi connectivity index (χ1) is 5.18. The molecule has 0 rings (SSSR count). The van der Waals surface area contributed by atoms with Crippen molar-refractivity contribution in [1.82, 2.24) is 0 Å². The van der Waals surface area contributed by atoms with Crippen molar-refractivity contribution in [3.05, 3.63) is 23.6 Å². The van der Waals surface area contributed by atoms with Crippen LogP contribution in [-0.4, -0.2) is 17.5 Å². The molecule has 0 atom stereocenters. The molecule has 0 N–H and O–H groups in total. The highest BCUT2D eigenvalue weighted by Gasteiger charge is 1.96. The van der Waals surface area contributed by atoms with E-state index in [0.29, 0.717) is 0 Å². The number of rotatable bonds is 4. The van der Waals surface area contributed by atoms with Crippen molar-refractivity contribution < 1.29 is 4.74 Å². The molecule has 0 amide bonds. The summed E-state index contributed by atoms with van der Waals surface area (Å²) in [4.78, 5) is 0. The van der Waals surface area contributed by atoms with E-state index >= 15 is 0 Å². The minimum absolute atomic E-state index is 0.859. The number of hydrogen-bond donors (Lipinski definition) is 0. The average molecular weight is 153 g/mol. The zero-order chi connectivity index (χ0) is 8.69. The van der Waals surface area contributed by atoms with E-state index in [1.165, 1.54) is 7.05 Å². The van der Waals surface area contributed by atoms with Gasteiger partial charge in [0.2, 0.25) is 0 Å². The van der Waals surface area contributed by atoms with Gasteiger partial charge in [-0.25, -0.2) is 4.74 Å². The second-order valence-electron chi connectivity index (χ2n) is 2.53. The van der Waals surface area contributed by atoms with Crippen LogP contribution in [0.25, 0.3) is 0 Å². The molecule has 0 fully saturated rings. The first-order valence-electron chi connectivity index (χ1n) is 3.76. The molecule has 0 aromatic carbocycles. The van der Waals surface area contributed by atoms with Crippen molar-refractivity contribution in [2.75, 3.05) is 7.05 Å². The second kappa shape index (κ2) is 5.75. The van der Waals surface area contributed by atoms with E-state index in [1.807, 2.05) is 13.0 Å². The van der Waals surface area contributed by atoms with Crippen LogP contribution in [0.1, 0.15) is 26.2 Å². The number of nitrogens with zero attached hydrogens (tertiary/aromatic N) is 1. The Morgan fingerprint density at radius 2 is 2.36 bits per heavy atom. The first-order valence-corrected chi connectivity index (χ1v) is 3.76. The Morgan fingerprint density at radius 3 is 2.82 bits per heavy atom. The fraction of sp³-hybridized carbons (Fsp3) is 0.556. The van der Waals surface area contributed by atoms with E-state index in [4.69, 9.17) is 0 Å². The summed E-state index contributed by atoms with van der Waals surface area (Å²) in [6.07, 6.45) is 4.70. The number of hydroxylamine groups is 1. The highest BCUT2D eigenvalue weighted by Crippen LogP contribution is 1.97.